The van der Waals surface area contributed by atoms with Crippen LogP contribution in [-0.2, 0) is 0 Å². The van der Waals surface area contributed by atoms with E-state index in [-0.39, 0.29) is 0 Å². The molecule has 15 heavy (non-hydrogen) atoms. The third-order valence-electron chi connectivity index (χ3n) is 3.36. The zero-order valence-electron chi connectivity index (χ0n) is 10.5. The van der Waals surface area contributed by atoms with Crippen molar-refractivity contribution in [2.24, 2.45) is 11.7 Å². The molecule has 0 aromatic heterocycles. The number of allylic oxidation sites excluding steroid dienone is 1. The third-order valence-corrected chi connectivity index (χ3v) is 3.36. The van der Waals surface area contributed by atoms with E-state index in [2.05, 4.69) is 19.9 Å². The molecule has 0 aliphatic heterocycles. The number of nitrogens with two attached hydrogens (primary N) is 1. The predicted molar refractivity (Wildman–Crippen MR) is 67.8 cm³/mol. The molecule has 1 heteroatoms. The Morgan fingerprint density at radius 3 is 2.60 bits per heavy atom. The molecule has 1 rings (SSSR count). The average Bonchev–Trinajstić information content (AvgIpc) is 2.13. The summed E-state index contributed by atoms with van der Waals surface area (Å²) in [4.78, 5) is 0. The fourth-order valence-corrected chi connectivity index (χ4v) is 2.25. The van der Waals surface area contributed by atoms with Gasteiger partial charge in [0.25, 0.3) is 0 Å². The lowest BCUT2D eigenvalue weighted by atomic mass is 9.91. The van der Waals surface area contributed by atoms with E-state index < -0.39 is 0 Å². The summed E-state index contributed by atoms with van der Waals surface area (Å²) in [5, 5.41) is 0. The van der Waals surface area contributed by atoms with Gasteiger partial charge in [-0.3, -0.25) is 0 Å². The summed E-state index contributed by atoms with van der Waals surface area (Å²) in [6.45, 7) is 4.55. The molecule has 0 fully saturated rings. The van der Waals surface area contributed by atoms with E-state index in [9.17, 15) is 0 Å². The molecule has 0 radical (unpaired) electrons. The van der Waals surface area contributed by atoms with Gasteiger partial charge >= 0.3 is 0 Å². The highest BCUT2D eigenvalue weighted by molar-refractivity contribution is 5.10. The normalized spacial score (nSPS) is 20.7. The summed E-state index contributed by atoms with van der Waals surface area (Å²) in [6, 6.07) is 0.338. The van der Waals surface area contributed by atoms with Gasteiger partial charge in [-0.15, -0.1) is 0 Å². The zero-order valence-corrected chi connectivity index (χ0v) is 10.5. The first-order valence-electron chi connectivity index (χ1n) is 6.64. The van der Waals surface area contributed by atoms with Crippen molar-refractivity contribution in [2.75, 3.05) is 0 Å². The van der Waals surface area contributed by atoms with Gasteiger partial charge in [-0.2, -0.15) is 0 Å². The van der Waals surface area contributed by atoms with E-state index in [4.69, 9.17) is 5.73 Å². The molecular formula is C14H27N. The second kappa shape index (κ2) is 7.05. The van der Waals surface area contributed by atoms with Crippen LogP contribution < -0.4 is 5.73 Å². The molecule has 0 saturated heterocycles. The van der Waals surface area contributed by atoms with Gasteiger partial charge in [0.15, 0.2) is 0 Å². The molecule has 0 spiro atoms. The zero-order chi connectivity index (χ0) is 11.1. The molecule has 0 saturated carbocycles. The highest BCUT2D eigenvalue weighted by atomic mass is 14.6. The number of rotatable bonds is 4. The molecule has 0 amide bonds. The van der Waals surface area contributed by atoms with Gasteiger partial charge in [-0.05, 0) is 44.4 Å². The first-order chi connectivity index (χ1) is 7.20. The second-order valence-corrected chi connectivity index (χ2v) is 5.31. The van der Waals surface area contributed by atoms with Gasteiger partial charge in [0.2, 0.25) is 0 Å². The molecule has 1 aliphatic carbocycles. The molecule has 1 nitrogen and oxygen atoms in total. The minimum atomic E-state index is 0.338. The van der Waals surface area contributed by atoms with Crippen LogP contribution in [0.15, 0.2) is 11.6 Å². The van der Waals surface area contributed by atoms with Gasteiger partial charge in [0.1, 0.15) is 0 Å². The van der Waals surface area contributed by atoms with Gasteiger partial charge < -0.3 is 5.73 Å². The van der Waals surface area contributed by atoms with Crippen LogP contribution in [0.1, 0.15) is 65.2 Å². The fraction of sp³-hybridized carbons (Fsp3) is 0.857. The lowest BCUT2D eigenvalue weighted by Gasteiger charge is -2.19. The predicted octanol–water partition coefficient (Wildman–Crippen LogP) is 4.03. The van der Waals surface area contributed by atoms with E-state index in [0.29, 0.717) is 6.04 Å². The van der Waals surface area contributed by atoms with Crippen molar-refractivity contribution < 1.29 is 0 Å². The summed E-state index contributed by atoms with van der Waals surface area (Å²) in [5.41, 5.74) is 7.79. The van der Waals surface area contributed by atoms with Crippen LogP contribution in [0.4, 0.5) is 0 Å². The van der Waals surface area contributed by atoms with E-state index in [1.165, 1.54) is 56.9 Å². The first-order valence-corrected chi connectivity index (χ1v) is 6.64. The van der Waals surface area contributed by atoms with Gasteiger partial charge in [-0.1, -0.05) is 38.3 Å². The van der Waals surface area contributed by atoms with Crippen LogP contribution in [0.3, 0.4) is 0 Å². The lowest BCUT2D eigenvalue weighted by molar-refractivity contribution is 0.507. The SMILES string of the molecule is CC(C)CCC(N)C1=CCCCCCC1. The maximum atomic E-state index is 6.25. The van der Waals surface area contributed by atoms with Crippen LogP contribution in [-0.4, -0.2) is 6.04 Å². The molecule has 1 atom stereocenters. The third kappa shape index (κ3) is 5.36. The van der Waals surface area contributed by atoms with E-state index in [1.807, 2.05) is 0 Å². The van der Waals surface area contributed by atoms with Crippen LogP contribution in [0.2, 0.25) is 0 Å². The Morgan fingerprint density at radius 2 is 1.87 bits per heavy atom. The highest BCUT2D eigenvalue weighted by Gasteiger charge is 2.11. The fourth-order valence-electron chi connectivity index (χ4n) is 2.25. The summed E-state index contributed by atoms with van der Waals surface area (Å²) < 4.78 is 0. The minimum absolute atomic E-state index is 0.338. The van der Waals surface area contributed by atoms with Crippen molar-refractivity contribution in [1.29, 1.82) is 0 Å². The topological polar surface area (TPSA) is 26.0 Å². The summed E-state index contributed by atoms with van der Waals surface area (Å²) >= 11 is 0. The molecule has 1 aliphatic rings. The first kappa shape index (κ1) is 12.8. The molecule has 0 aromatic rings. The Bertz CT molecular complexity index is 194. The van der Waals surface area contributed by atoms with Crippen LogP contribution in [0.25, 0.3) is 0 Å². The maximum absolute atomic E-state index is 6.25. The van der Waals surface area contributed by atoms with Crippen molar-refractivity contribution in [2.45, 2.75) is 71.3 Å². The van der Waals surface area contributed by atoms with Crippen molar-refractivity contribution >= 4 is 0 Å². The van der Waals surface area contributed by atoms with Crippen molar-refractivity contribution in [1.82, 2.24) is 0 Å². The van der Waals surface area contributed by atoms with E-state index in [1.54, 1.807) is 0 Å². The number of hydrogen-bond donors (Lipinski definition) is 1. The van der Waals surface area contributed by atoms with Crippen LogP contribution in [0.5, 0.6) is 0 Å². The summed E-state index contributed by atoms with van der Waals surface area (Å²) in [5.74, 6) is 0.783. The molecule has 0 bridgehead atoms. The Kier molecular flexibility index (Phi) is 6.00. The average molecular weight is 209 g/mol. The van der Waals surface area contributed by atoms with Crippen LogP contribution >= 0.6 is 0 Å². The number of hydrogen-bond acceptors (Lipinski definition) is 1. The quantitative estimate of drug-likeness (QED) is 0.695. The van der Waals surface area contributed by atoms with Crippen molar-refractivity contribution in [3.05, 3.63) is 11.6 Å². The standard InChI is InChI=1S/C14H27N/c1-12(2)10-11-14(15)13-8-6-4-3-5-7-9-13/h8,12,14H,3-7,9-11,15H2,1-2H3. The molecule has 0 heterocycles. The lowest BCUT2D eigenvalue weighted by Crippen LogP contribution is -2.23. The summed E-state index contributed by atoms with van der Waals surface area (Å²) in [6.07, 6.45) is 12.9. The van der Waals surface area contributed by atoms with E-state index >= 15 is 0 Å². The molecule has 0 aromatic carbocycles. The van der Waals surface area contributed by atoms with Crippen LogP contribution in [0, 0.1) is 5.92 Å². The molecule has 2 N–H and O–H groups in total. The molecule has 88 valence electrons. The Labute approximate surface area is 95.1 Å². The molecular weight excluding hydrogens is 182 g/mol. The van der Waals surface area contributed by atoms with Gasteiger partial charge in [-0.25, -0.2) is 0 Å². The monoisotopic (exact) mass is 209 g/mol. The Morgan fingerprint density at radius 1 is 1.13 bits per heavy atom. The second-order valence-electron chi connectivity index (χ2n) is 5.31. The smallest absolute Gasteiger partial charge is 0.0253 e. The van der Waals surface area contributed by atoms with E-state index in [0.717, 1.165) is 5.92 Å². The highest BCUT2D eigenvalue weighted by Crippen LogP contribution is 2.21. The Hall–Kier alpha value is -0.300. The maximum Gasteiger partial charge on any atom is 0.0253 e. The minimum Gasteiger partial charge on any atom is -0.324 e. The van der Waals surface area contributed by atoms with Gasteiger partial charge in [0.05, 0.1) is 0 Å². The summed E-state index contributed by atoms with van der Waals surface area (Å²) in [7, 11) is 0. The largest absolute Gasteiger partial charge is 0.324 e. The van der Waals surface area contributed by atoms with Crippen molar-refractivity contribution in [3.8, 4) is 0 Å². The Balaban J connectivity index is 2.37. The van der Waals surface area contributed by atoms with Gasteiger partial charge in [0, 0.05) is 6.04 Å². The van der Waals surface area contributed by atoms with Crippen molar-refractivity contribution in [3.63, 3.8) is 0 Å². The molecule has 1 unspecified atom stereocenters.